The molecule has 0 radical (unpaired) electrons. The van der Waals surface area contributed by atoms with Crippen molar-refractivity contribution in [2.75, 3.05) is 0 Å². The van der Waals surface area contributed by atoms with Crippen LogP contribution in [-0.2, 0) is 0 Å². The lowest BCUT2D eigenvalue weighted by Gasteiger charge is -2.36. The fourth-order valence-corrected chi connectivity index (χ4v) is 2.17. The third-order valence-electron chi connectivity index (χ3n) is 2.59. The van der Waals surface area contributed by atoms with E-state index >= 15 is 0 Å². The topological polar surface area (TPSA) is 12.0 Å². The molecule has 1 aliphatic rings. The van der Waals surface area contributed by atoms with E-state index in [9.17, 15) is 0 Å². The summed E-state index contributed by atoms with van der Waals surface area (Å²) in [6.45, 7) is 6.84. The first-order valence-corrected chi connectivity index (χ1v) is 4.90. The molecule has 1 nitrogen and oxygen atoms in total. The molecule has 0 aliphatic heterocycles. The highest BCUT2D eigenvalue weighted by Crippen LogP contribution is 2.27. The first-order chi connectivity index (χ1) is 5.12. The average molecular weight is 171 g/mol. The number of hydrogen-bond donors (Lipinski definition) is 1. The highest BCUT2D eigenvalue weighted by atomic mass is 15.0. The lowest BCUT2D eigenvalue weighted by molar-refractivity contribution is 0.238. The van der Waals surface area contributed by atoms with Crippen LogP contribution in [0, 0.1) is 0 Å². The smallest absolute Gasteiger partial charge is 0.0155 e. The highest BCUT2D eigenvalue weighted by Gasteiger charge is 2.26. The summed E-state index contributed by atoms with van der Waals surface area (Å²) < 4.78 is 0. The van der Waals surface area contributed by atoms with Crippen LogP contribution in [0.5, 0.6) is 0 Å². The molecule has 0 saturated heterocycles. The molecule has 0 aromatic heterocycles. The number of rotatable bonds is 2. The second-order valence-corrected chi connectivity index (χ2v) is 4.42. The molecule has 0 spiro atoms. The Labute approximate surface area is 77.9 Å². The fraction of sp³-hybridized carbons (Fsp3) is 1.00. The Hall–Kier alpha value is -0.0400. The van der Waals surface area contributed by atoms with Crippen LogP contribution in [0.4, 0.5) is 0 Å². The summed E-state index contributed by atoms with van der Waals surface area (Å²) in [7, 11) is 0. The highest BCUT2D eigenvalue weighted by molar-refractivity contribution is 4.87. The van der Waals surface area contributed by atoms with Gasteiger partial charge in [-0.15, -0.1) is 0 Å². The van der Waals surface area contributed by atoms with Gasteiger partial charge in [-0.25, -0.2) is 0 Å². The van der Waals surface area contributed by atoms with Gasteiger partial charge in [0.15, 0.2) is 0 Å². The lowest BCUT2D eigenvalue weighted by Crippen LogP contribution is -2.47. The zero-order valence-corrected chi connectivity index (χ0v) is 8.11. The van der Waals surface area contributed by atoms with E-state index in [1.165, 1.54) is 32.1 Å². The fourth-order valence-electron chi connectivity index (χ4n) is 2.17. The van der Waals surface area contributed by atoms with E-state index in [2.05, 4.69) is 26.1 Å². The predicted molar refractivity (Wildman–Crippen MR) is 56.5 cm³/mol. The Balaban J connectivity index is 0.00000121. The molecule has 1 rings (SSSR count). The summed E-state index contributed by atoms with van der Waals surface area (Å²) in [5.74, 6) is 0. The minimum Gasteiger partial charge on any atom is -0.309 e. The minimum atomic E-state index is 0. The van der Waals surface area contributed by atoms with Crippen molar-refractivity contribution in [1.82, 2.24) is 5.32 Å². The Bertz CT molecular complexity index is 112. The van der Waals surface area contributed by atoms with E-state index in [0.29, 0.717) is 11.6 Å². The molecule has 1 saturated carbocycles. The van der Waals surface area contributed by atoms with Gasteiger partial charge in [-0.1, -0.05) is 40.5 Å². The third-order valence-corrected chi connectivity index (χ3v) is 2.59. The van der Waals surface area contributed by atoms with Crippen LogP contribution >= 0.6 is 0 Å². The Kier molecular flexibility index (Phi) is 4.84. The van der Waals surface area contributed by atoms with Gasteiger partial charge < -0.3 is 5.32 Å². The molecular formula is C11H25N. The average Bonchev–Trinajstić information content (AvgIpc) is 1.85. The summed E-state index contributed by atoms with van der Waals surface area (Å²) >= 11 is 0. The summed E-state index contributed by atoms with van der Waals surface area (Å²) in [5, 5.41) is 3.66. The van der Waals surface area contributed by atoms with Crippen molar-refractivity contribution < 1.29 is 0 Å². The van der Waals surface area contributed by atoms with Crippen molar-refractivity contribution in [2.24, 2.45) is 0 Å². The molecule has 1 aliphatic carbocycles. The van der Waals surface area contributed by atoms with Crippen molar-refractivity contribution in [3.8, 4) is 0 Å². The van der Waals surface area contributed by atoms with Crippen molar-refractivity contribution in [1.29, 1.82) is 0 Å². The standard InChI is InChI=1S/C10H21N.CH4/c1-9(2)11-10(3)7-5-4-6-8-10;/h9,11H,4-8H2,1-3H3;1H4. The van der Waals surface area contributed by atoms with E-state index < -0.39 is 0 Å². The van der Waals surface area contributed by atoms with Crippen LogP contribution in [-0.4, -0.2) is 11.6 Å². The summed E-state index contributed by atoms with van der Waals surface area (Å²) in [4.78, 5) is 0. The second kappa shape index (κ2) is 4.86. The molecule has 0 amide bonds. The Morgan fingerprint density at radius 3 is 2.00 bits per heavy atom. The van der Waals surface area contributed by atoms with Gasteiger partial charge in [-0.3, -0.25) is 0 Å². The van der Waals surface area contributed by atoms with Gasteiger partial charge in [-0.05, 0) is 19.8 Å². The monoisotopic (exact) mass is 171 g/mol. The molecule has 0 bridgehead atoms. The Morgan fingerprint density at radius 2 is 1.58 bits per heavy atom. The van der Waals surface area contributed by atoms with Crippen LogP contribution in [0.25, 0.3) is 0 Å². The van der Waals surface area contributed by atoms with Gasteiger partial charge in [0.2, 0.25) is 0 Å². The zero-order chi connectivity index (χ0) is 8.32. The predicted octanol–water partition coefficient (Wildman–Crippen LogP) is 3.34. The van der Waals surface area contributed by atoms with E-state index in [0.717, 1.165) is 0 Å². The van der Waals surface area contributed by atoms with Crippen LogP contribution in [0.15, 0.2) is 0 Å². The van der Waals surface area contributed by atoms with E-state index in [4.69, 9.17) is 0 Å². The minimum absolute atomic E-state index is 0. The molecular weight excluding hydrogens is 146 g/mol. The SMILES string of the molecule is C.CC(C)NC1(C)CCCCC1. The molecule has 0 aromatic carbocycles. The molecule has 74 valence electrons. The molecule has 1 fully saturated rings. The maximum absolute atomic E-state index is 3.66. The van der Waals surface area contributed by atoms with E-state index in [1.807, 2.05) is 0 Å². The first-order valence-electron chi connectivity index (χ1n) is 4.90. The van der Waals surface area contributed by atoms with Crippen LogP contribution in [0.2, 0.25) is 0 Å². The van der Waals surface area contributed by atoms with Gasteiger partial charge in [0.05, 0.1) is 0 Å². The maximum atomic E-state index is 3.66. The van der Waals surface area contributed by atoms with Crippen molar-refractivity contribution in [2.45, 2.75) is 71.9 Å². The van der Waals surface area contributed by atoms with E-state index in [1.54, 1.807) is 0 Å². The van der Waals surface area contributed by atoms with Crippen LogP contribution in [0.1, 0.15) is 60.3 Å². The number of nitrogens with one attached hydrogen (secondary N) is 1. The van der Waals surface area contributed by atoms with Crippen molar-refractivity contribution in [3.63, 3.8) is 0 Å². The summed E-state index contributed by atoms with van der Waals surface area (Å²) in [5.41, 5.74) is 0.451. The molecule has 0 unspecified atom stereocenters. The molecule has 0 aromatic rings. The van der Waals surface area contributed by atoms with Gasteiger partial charge in [0.1, 0.15) is 0 Å². The van der Waals surface area contributed by atoms with Crippen molar-refractivity contribution in [3.05, 3.63) is 0 Å². The van der Waals surface area contributed by atoms with Gasteiger partial charge in [-0.2, -0.15) is 0 Å². The first kappa shape index (κ1) is 12.0. The zero-order valence-electron chi connectivity index (χ0n) is 8.11. The molecule has 0 heterocycles. The summed E-state index contributed by atoms with van der Waals surface area (Å²) in [6, 6.07) is 0.637. The largest absolute Gasteiger partial charge is 0.309 e. The van der Waals surface area contributed by atoms with Gasteiger partial charge in [0, 0.05) is 11.6 Å². The maximum Gasteiger partial charge on any atom is 0.0155 e. The van der Waals surface area contributed by atoms with Gasteiger partial charge in [0.25, 0.3) is 0 Å². The molecule has 0 atom stereocenters. The normalized spacial score (nSPS) is 22.0. The third kappa shape index (κ3) is 3.57. The van der Waals surface area contributed by atoms with E-state index in [-0.39, 0.29) is 7.43 Å². The molecule has 12 heavy (non-hydrogen) atoms. The molecule has 1 heteroatoms. The van der Waals surface area contributed by atoms with Crippen molar-refractivity contribution >= 4 is 0 Å². The van der Waals surface area contributed by atoms with Crippen LogP contribution in [0.3, 0.4) is 0 Å². The quantitative estimate of drug-likeness (QED) is 0.672. The summed E-state index contributed by atoms with van der Waals surface area (Å²) in [6.07, 6.45) is 7.00. The second-order valence-electron chi connectivity index (χ2n) is 4.42. The molecule has 1 N–H and O–H groups in total. The van der Waals surface area contributed by atoms with Gasteiger partial charge >= 0.3 is 0 Å². The van der Waals surface area contributed by atoms with Crippen LogP contribution < -0.4 is 5.32 Å². The number of hydrogen-bond acceptors (Lipinski definition) is 1. The Morgan fingerprint density at radius 1 is 1.08 bits per heavy atom. The lowest BCUT2D eigenvalue weighted by atomic mass is 9.83.